The van der Waals surface area contributed by atoms with Crippen LogP contribution >= 0.6 is 11.6 Å². The van der Waals surface area contributed by atoms with Crippen molar-refractivity contribution >= 4 is 17.4 Å². The minimum atomic E-state index is -4.55. The Bertz CT molecular complexity index is 664. The number of hydrogen-bond acceptors (Lipinski definition) is 1. The Morgan fingerprint density at radius 2 is 1.70 bits per heavy atom. The van der Waals surface area contributed by atoms with E-state index < -0.39 is 28.4 Å². The molecule has 0 aromatic heterocycles. The van der Waals surface area contributed by atoms with Crippen LogP contribution in [0.15, 0.2) is 42.5 Å². The highest BCUT2D eigenvalue weighted by Gasteiger charge is 2.31. The molecular formula is C14H7ClF4O. The highest BCUT2D eigenvalue weighted by atomic mass is 35.5. The third-order valence-corrected chi connectivity index (χ3v) is 3.03. The maximum absolute atomic E-state index is 13.3. The molecule has 0 spiro atoms. The quantitative estimate of drug-likeness (QED) is 0.579. The van der Waals surface area contributed by atoms with E-state index in [0.717, 1.165) is 18.2 Å². The van der Waals surface area contributed by atoms with E-state index in [2.05, 4.69) is 0 Å². The van der Waals surface area contributed by atoms with Crippen molar-refractivity contribution in [2.45, 2.75) is 6.18 Å². The van der Waals surface area contributed by atoms with Crippen molar-refractivity contribution in [2.75, 3.05) is 0 Å². The van der Waals surface area contributed by atoms with Gasteiger partial charge in [0, 0.05) is 11.1 Å². The molecule has 0 heterocycles. The van der Waals surface area contributed by atoms with Crippen LogP contribution in [-0.2, 0) is 6.18 Å². The van der Waals surface area contributed by atoms with Gasteiger partial charge in [-0.1, -0.05) is 29.8 Å². The highest BCUT2D eigenvalue weighted by molar-refractivity contribution is 6.35. The Hall–Kier alpha value is -1.88. The van der Waals surface area contributed by atoms with Crippen LogP contribution in [0, 0.1) is 5.82 Å². The van der Waals surface area contributed by atoms with Crippen LogP contribution in [0.3, 0.4) is 0 Å². The van der Waals surface area contributed by atoms with Crippen molar-refractivity contribution in [1.82, 2.24) is 0 Å². The minimum Gasteiger partial charge on any atom is -0.289 e. The van der Waals surface area contributed by atoms with Crippen molar-refractivity contribution in [2.24, 2.45) is 0 Å². The summed E-state index contributed by atoms with van der Waals surface area (Å²) in [6, 6.07) is 7.48. The molecule has 0 bridgehead atoms. The molecule has 0 N–H and O–H groups in total. The first-order valence-electron chi connectivity index (χ1n) is 5.46. The fourth-order valence-corrected chi connectivity index (χ4v) is 1.88. The molecule has 0 saturated heterocycles. The van der Waals surface area contributed by atoms with Crippen LogP contribution < -0.4 is 0 Å². The summed E-state index contributed by atoms with van der Waals surface area (Å²) in [6.07, 6.45) is -4.55. The molecule has 1 nitrogen and oxygen atoms in total. The summed E-state index contributed by atoms with van der Waals surface area (Å²) >= 11 is 5.65. The standard InChI is InChI=1S/C14H7ClF4O/c15-12-10(5-2-6-11(12)16)13(20)8-3-1-4-9(7-8)14(17,18)19/h1-7H. The molecular weight excluding hydrogens is 296 g/mol. The molecule has 0 radical (unpaired) electrons. The molecule has 104 valence electrons. The molecule has 0 saturated carbocycles. The first kappa shape index (κ1) is 14.5. The maximum Gasteiger partial charge on any atom is 0.416 e. The van der Waals surface area contributed by atoms with Gasteiger partial charge in [0.1, 0.15) is 5.82 Å². The van der Waals surface area contributed by atoms with Gasteiger partial charge < -0.3 is 0 Å². The van der Waals surface area contributed by atoms with Crippen LogP contribution in [0.25, 0.3) is 0 Å². The van der Waals surface area contributed by atoms with Crippen LogP contribution in [-0.4, -0.2) is 5.78 Å². The number of benzene rings is 2. The van der Waals surface area contributed by atoms with E-state index in [1.165, 1.54) is 18.2 Å². The minimum absolute atomic E-state index is 0.175. The monoisotopic (exact) mass is 302 g/mol. The lowest BCUT2D eigenvalue weighted by Crippen LogP contribution is -2.08. The largest absolute Gasteiger partial charge is 0.416 e. The Labute approximate surface area is 116 Å². The first-order chi connectivity index (χ1) is 9.30. The number of alkyl halides is 3. The normalized spacial score (nSPS) is 11.4. The summed E-state index contributed by atoms with van der Waals surface area (Å²) in [4.78, 5) is 12.1. The zero-order valence-electron chi connectivity index (χ0n) is 9.84. The van der Waals surface area contributed by atoms with E-state index in [9.17, 15) is 22.4 Å². The topological polar surface area (TPSA) is 17.1 Å². The third-order valence-electron chi connectivity index (χ3n) is 2.65. The summed E-state index contributed by atoms with van der Waals surface area (Å²) < 4.78 is 51.0. The van der Waals surface area contributed by atoms with Gasteiger partial charge in [0.25, 0.3) is 0 Å². The number of hydrogen-bond donors (Lipinski definition) is 0. The number of rotatable bonds is 2. The number of carbonyl (C=O) groups is 1. The summed E-state index contributed by atoms with van der Waals surface area (Å²) in [5.74, 6) is -1.56. The van der Waals surface area contributed by atoms with E-state index in [-0.39, 0.29) is 11.1 Å². The van der Waals surface area contributed by atoms with E-state index in [4.69, 9.17) is 11.6 Å². The molecule has 20 heavy (non-hydrogen) atoms. The fourth-order valence-electron chi connectivity index (χ4n) is 1.67. The lowest BCUT2D eigenvalue weighted by Gasteiger charge is -2.09. The van der Waals surface area contributed by atoms with Crippen LogP contribution in [0.4, 0.5) is 17.6 Å². The molecule has 2 aromatic carbocycles. The van der Waals surface area contributed by atoms with Gasteiger partial charge in [-0.25, -0.2) is 4.39 Å². The smallest absolute Gasteiger partial charge is 0.289 e. The summed E-state index contributed by atoms with van der Waals surface area (Å²) in [6.45, 7) is 0. The molecule has 0 atom stereocenters. The van der Waals surface area contributed by atoms with E-state index in [1.54, 1.807) is 0 Å². The molecule has 0 unspecified atom stereocenters. The second-order valence-corrected chi connectivity index (χ2v) is 4.39. The van der Waals surface area contributed by atoms with E-state index in [1.807, 2.05) is 0 Å². The molecule has 0 fully saturated rings. The summed E-state index contributed by atoms with van der Waals surface area (Å²) in [5.41, 5.74) is -1.32. The number of ketones is 1. The summed E-state index contributed by atoms with van der Waals surface area (Å²) in [7, 11) is 0. The predicted molar refractivity (Wildman–Crippen MR) is 66.3 cm³/mol. The number of halogens is 5. The van der Waals surface area contributed by atoms with Crippen molar-refractivity contribution in [3.63, 3.8) is 0 Å². The summed E-state index contributed by atoms with van der Waals surface area (Å²) in [5, 5.41) is -0.407. The molecule has 0 aliphatic heterocycles. The molecule has 2 aromatic rings. The van der Waals surface area contributed by atoms with Gasteiger partial charge in [0.05, 0.1) is 10.6 Å². The second-order valence-electron chi connectivity index (χ2n) is 4.01. The first-order valence-corrected chi connectivity index (χ1v) is 5.84. The Morgan fingerprint density at radius 1 is 1.05 bits per heavy atom. The highest BCUT2D eigenvalue weighted by Crippen LogP contribution is 2.30. The molecule has 6 heteroatoms. The SMILES string of the molecule is O=C(c1cccc(C(F)(F)F)c1)c1cccc(F)c1Cl. The maximum atomic E-state index is 13.3. The van der Waals surface area contributed by atoms with Gasteiger partial charge in [-0.3, -0.25) is 4.79 Å². The van der Waals surface area contributed by atoms with Crippen LogP contribution in [0.2, 0.25) is 5.02 Å². The average Bonchev–Trinajstić information content (AvgIpc) is 2.40. The van der Waals surface area contributed by atoms with Gasteiger partial charge in [-0.2, -0.15) is 13.2 Å². The fraction of sp³-hybridized carbons (Fsp3) is 0.0714. The van der Waals surface area contributed by atoms with Gasteiger partial charge in [-0.15, -0.1) is 0 Å². The lowest BCUT2D eigenvalue weighted by molar-refractivity contribution is -0.137. The van der Waals surface area contributed by atoms with Crippen molar-refractivity contribution < 1.29 is 22.4 Å². The van der Waals surface area contributed by atoms with Crippen LogP contribution in [0.1, 0.15) is 21.5 Å². The van der Waals surface area contributed by atoms with Gasteiger partial charge in [-0.05, 0) is 24.3 Å². The third kappa shape index (κ3) is 2.82. The van der Waals surface area contributed by atoms with E-state index in [0.29, 0.717) is 6.07 Å². The molecule has 0 amide bonds. The molecule has 0 aliphatic rings. The average molecular weight is 303 g/mol. The van der Waals surface area contributed by atoms with Gasteiger partial charge in [0.2, 0.25) is 0 Å². The predicted octanol–water partition coefficient (Wildman–Crippen LogP) is 4.73. The van der Waals surface area contributed by atoms with E-state index >= 15 is 0 Å². The Morgan fingerprint density at radius 3 is 2.35 bits per heavy atom. The van der Waals surface area contributed by atoms with Crippen molar-refractivity contribution in [3.8, 4) is 0 Å². The second kappa shape index (κ2) is 5.25. The number of carbonyl (C=O) groups excluding carboxylic acids is 1. The zero-order valence-corrected chi connectivity index (χ0v) is 10.6. The molecule has 2 rings (SSSR count). The van der Waals surface area contributed by atoms with Crippen molar-refractivity contribution in [1.29, 1.82) is 0 Å². The van der Waals surface area contributed by atoms with Crippen LogP contribution in [0.5, 0.6) is 0 Å². The lowest BCUT2D eigenvalue weighted by atomic mass is 10.0. The Kier molecular flexibility index (Phi) is 3.81. The Balaban J connectivity index is 2.47. The van der Waals surface area contributed by atoms with Crippen molar-refractivity contribution in [3.05, 3.63) is 70.0 Å². The zero-order chi connectivity index (χ0) is 14.9. The van der Waals surface area contributed by atoms with Gasteiger partial charge in [0.15, 0.2) is 5.78 Å². The van der Waals surface area contributed by atoms with Gasteiger partial charge >= 0.3 is 6.18 Å². The molecule has 0 aliphatic carbocycles.